The fraction of sp³-hybridized carbons (Fsp3) is 0.632. The highest BCUT2D eigenvalue weighted by atomic mass is 16.2. The molecule has 0 unspecified atom stereocenters. The standard InChI is InChI=1S/C19H28N2O/c1-16-8-12-21(13-9-16)14-18(22)20-15-19(10-5-11-19)17-6-3-2-4-7-17/h2-4,6-7,16H,5,8-15H2,1H3,(H,20,22). The van der Waals surface area contributed by atoms with Crippen molar-refractivity contribution < 1.29 is 4.79 Å². The lowest BCUT2D eigenvalue weighted by Gasteiger charge is -2.42. The fourth-order valence-electron chi connectivity index (χ4n) is 3.71. The van der Waals surface area contributed by atoms with Crippen molar-refractivity contribution in [3.05, 3.63) is 35.9 Å². The van der Waals surface area contributed by atoms with E-state index >= 15 is 0 Å². The van der Waals surface area contributed by atoms with Gasteiger partial charge >= 0.3 is 0 Å². The summed E-state index contributed by atoms with van der Waals surface area (Å²) in [5, 5.41) is 3.20. The second-order valence-corrected chi connectivity index (χ2v) is 7.24. The highest BCUT2D eigenvalue weighted by Gasteiger charge is 2.38. The monoisotopic (exact) mass is 300 g/mol. The first kappa shape index (κ1) is 15.5. The molecule has 3 rings (SSSR count). The van der Waals surface area contributed by atoms with Crippen LogP contribution in [0.1, 0.15) is 44.6 Å². The molecule has 1 saturated heterocycles. The molecule has 2 fully saturated rings. The third kappa shape index (κ3) is 3.52. The van der Waals surface area contributed by atoms with Crippen molar-refractivity contribution >= 4 is 5.91 Å². The van der Waals surface area contributed by atoms with Crippen LogP contribution in [0, 0.1) is 5.92 Å². The van der Waals surface area contributed by atoms with Gasteiger partial charge in [0.05, 0.1) is 6.54 Å². The Labute approximate surface area is 134 Å². The molecule has 1 amide bonds. The molecule has 0 spiro atoms. The van der Waals surface area contributed by atoms with Crippen LogP contribution in [0.25, 0.3) is 0 Å². The van der Waals surface area contributed by atoms with Crippen LogP contribution in [-0.2, 0) is 10.2 Å². The molecular formula is C19H28N2O. The number of hydrogen-bond acceptors (Lipinski definition) is 2. The van der Waals surface area contributed by atoms with Gasteiger partial charge in [-0.25, -0.2) is 0 Å². The number of carbonyl (C=O) groups excluding carboxylic acids is 1. The van der Waals surface area contributed by atoms with Gasteiger partial charge in [-0.1, -0.05) is 43.7 Å². The van der Waals surface area contributed by atoms with Gasteiger partial charge in [-0.05, 0) is 50.3 Å². The van der Waals surface area contributed by atoms with Gasteiger partial charge in [0.25, 0.3) is 0 Å². The molecule has 0 atom stereocenters. The van der Waals surface area contributed by atoms with Crippen molar-refractivity contribution in [2.24, 2.45) is 5.92 Å². The van der Waals surface area contributed by atoms with Crippen LogP contribution in [0.5, 0.6) is 0 Å². The third-order valence-electron chi connectivity index (χ3n) is 5.56. The number of amides is 1. The first-order valence-corrected chi connectivity index (χ1v) is 8.73. The van der Waals surface area contributed by atoms with Gasteiger partial charge in [0, 0.05) is 12.0 Å². The molecule has 120 valence electrons. The predicted molar refractivity (Wildman–Crippen MR) is 89.8 cm³/mol. The summed E-state index contributed by atoms with van der Waals surface area (Å²) in [4.78, 5) is 14.6. The van der Waals surface area contributed by atoms with Crippen LogP contribution in [0.15, 0.2) is 30.3 Å². The smallest absolute Gasteiger partial charge is 0.234 e. The molecule has 1 N–H and O–H groups in total. The Morgan fingerprint density at radius 3 is 2.50 bits per heavy atom. The van der Waals surface area contributed by atoms with Gasteiger partial charge in [-0.3, -0.25) is 9.69 Å². The van der Waals surface area contributed by atoms with E-state index in [0.717, 1.165) is 25.6 Å². The summed E-state index contributed by atoms with van der Waals surface area (Å²) in [6.07, 6.45) is 6.11. The van der Waals surface area contributed by atoms with Gasteiger partial charge in [-0.2, -0.15) is 0 Å². The predicted octanol–water partition coefficient (Wildman–Crippen LogP) is 2.96. The van der Waals surface area contributed by atoms with E-state index in [1.807, 2.05) is 0 Å². The van der Waals surface area contributed by atoms with Gasteiger partial charge in [0.1, 0.15) is 0 Å². The molecule has 2 aliphatic rings. The lowest BCUT2D eigenvalue weighted by atomic mass is 9.64. The number of rotatable bonds is 5. The van der Waals surface area contributed by atoms with E-state index in [1.54, 1.807) is 0 Å². The van der Waals surface area contributed by atoms with Gasteiger partial charge < -0.3 is 5.32 Å². The summed E-state index contributed by atoms with van der Waals surface area (Å²) in [6, 6.07) is 10.7. The molecular weight excluding hydrogens is 272 g/mol. The third-order valence-corrected chi connectivity index (χ3v) is 5.56. The highest BCUT2D eigenvalue weighted by molar-refractivity contribution is 5.78. The number of hydrogen-bond donors (Lipinski definition) is 1. The lowest BCUT2D eigenvalue weighted by Crippen LogP contribution is -2.48. The molecule has 1 aromatic carbocycles. The summed E-state index contributed by atoms with van der Waals surface area (Å²) in [5.74, 6) is 1.01. The zero-order valence-electron chi connectivity index (χ0n) is 13.7. The van der Waals surface area contributed by atoms with E-state index in [9.17, 15) is 4.79 Å². The molecule has 0 radical (unpaired) electrons. The number of piperidine rings is 1. The summed E-state index contributed by atoms with van der Waals surface area (Å²) < 4.78 is 0. The molecule has 1 aromatic rings. The molecule has 3 heteroatoms. The van der Waals surface area contributed by atoms with Gasteiger partial charge in [-0.15, -0.1) is 0 Å². The Kier molecular flexibility index (Phi) is 4.82. The molecule has 0 aromatic heterocycles. The highest BCUT2D eigenvalue weighted by Crippen LogP contribution is 2.43. The number of nitrogens with zero attached hydrogens (tertiary/aromatic N) is 1. The Hall–Kier alpha value is -1.35. The first-order chi connectivity index (χ1) is 10.7. The van der Waals surface area contributed by atoms with E-state index in [-0.39, 0.29) is 11.3 Å². The molecule has 1 aliphatic carbocycles. The minimum Gasteiger partial charge on any atom is -0.354 e. The fourth-order valence-corrected chi connectivity index (χ4v) is 3.71. The van der Waals surface area contributed by atoms with Crippen molar-refractivity contribution in [1.29, 1.82) is 0 Å². The van der Waals surface area contributed by atoms with Crippen LogP contribution in [0.4, 0.5) is 0 Å². The van der Waals surface area contributed by atoms with Crippen molar-refractivity contribution in [1.82, 2.24) is 10.2 Å². The van der Waals surface area contributed by atoms with Crippen LogP contribution in [-0.4, -0.2) is 37.0 Å². The molecule has 3 nitrogen and oxygen atoms in total. The number of likely N-dealkylation sites (tertiary alicyclic amines) is 1. The summed E-state index contributed by atoms with van der Waals surface area (Å²) in [7, 11) is 0. The summed E-state index contributed by atoms with van der Waals surface area (Å²) >= 11 is 0. The minimum absolute atomic E-state index is 0.188. The second-order valence-electron chi connectivity index (χ2n) is 7.24. The van der Waals surface area contributed by atoms with Crippen LogP contribution in [0.3, 0.4) is 0 Å². The molecule has 1 heterocycles. The molecule has 0 bridgehead atoms. The zero-order chi connectivity index (χ0) is 15.4. The van der Waals surface area contributed by atoms with Crippen LogP contribution in [0.2, 0.25) is 0 Å². The Bertz CT molecular complexity index is 487. The van der Waals surface area contributed by atoms with Gasteiger partial charge in [0.15, 0.2) is 0 Å². The van der Waals surface area contributed by atoms with Crippen LogP contribution < -0.4 is 5.32 Å². The first-order valence-electron chi connectivity index (χ1n) is 8.73. The second kappa shape index (κ2) is 6.82. The number of carbonyl (C=O) groups is 1. The summed E-state index contributed by atoms with van der Waals surface area (Å²) in [5.41, 5.74) is 1.57. The van der Waals surface area contributed by atoms with E-state index in [4.69, 9.17) is 0 Å². The maximum absolute atomic E-state index is 12.3. The SMILES string of the molecule is CC1CCN(CC(=O)NCC2(c3ccccc3)CCC2)CC1. The van der Waals surface area contributed by atoms with E-state index in [2.05, 4.69) is 47.5 Å². The maximum atomic E-state index is 12.3. The number of nitrogens with one attached hydrogen (secondary N) is 1. The maximum Gasteiger partial charge on any atom is 0.234 e. The zero-order valence-corrected chi connectivity index (χ0v) is 13.7. The Balaban J connectivity index is 1.50. The van der Waals surface area contributed by atoms with E-state index < -0.39 is 0 Å². The van der Waals surface area contributed by atoms with Crippen molar-refractivity contribution in [3.8, 4) is 0 Å². The Morgan fingerprint density at radius 1 is 1.23 bits per heavy atom. The van der Waals surface area contributed by atoms with Gasteiger partial charge in [0.2, 0.25) is 5.91 Å². The average Bonchev–Trinajstić information content (AvgIpc) is 2.50. The lowest BCUT2D eigenvalue weighted by molar-refractivity contribution is -0.123. The van der Waals surface area contributed by atoms with E-state index in [1.165, 1.54) is 37.7 Å². The average molecular weight is 300 g/mol. The summed E-state index contributed by atoms with van der Waals surface area (Å²) in [6.45, 7) is 5.80. The normalized spacial score (nSPS) is 22.0. The van der Waals surface area contributed by atoms with Crippen molar-refractivity contribution in [3.63, 3.8) is 0 Å². The molecule has 1 aliphatic heterocycles. The quantitative estimate of drug-likeness (QED) is 0.907. The van der Waals surface area contributed by atoms with Crippen molar-refractivity contribution in [2.75, 3.05) is 26.2 Å². The Morgan fingerprint density at radius 2 is 1.91 bits per heavy atom. The minimum atomic E-state index is 0.188. The topological polar surface area (TPSA) is 32.3 Å². The van der Waals surface area contributed by atoms with Crippen molar-refractivity contribution in [2.45, 2.75) is 44.4 Å². The molecule has 22 heavy (non-hydrogen) atoms. The molecule has 1 saturated carbocycles. The van der Waals surface area contributed by atoms with Crippen LogP contribution >= 0.6 is 0 Å². The van der Waals surface area contributed by atoms with E-state index in [0.29, 0.717) is 6.54 Å². The largest absolute Gasteiger partial charge is 0.354 e. The number of benzene rings is 1.